The second-order valence-electron chi connectivity index (χ2n) is 5.24. The number of ether oxygens (including phenoxy) is 1. The lowest BCUT2D eigenvalue weighted by Crippen LogP contribution is -2.20. The summed E-state index contributed by atoms with van der Waals surface area (Å²) in [6, 6.07) is 11.3. The van der Waals surface area contributed by atoms with Gasteiger partial charge in [-0.3, -0.25) is 10.1 Å². The second-order valence-corrected chi connectivity index (χ2v) is 6.70. The van der Waals surface area contributed by atoms with Crippen LogP contribution in [0.3, 0.4) is 0 Å². The van der Waals surface area contributed by atoms with E-state index < -0.39 is 0 Å². The molecule has 23 heavy (non-hydrogen) atoms. The highest BCUT2D eigenvalue weighted by Gasteiger charge is 2.09. The summed E-state index contributed by atoms with van der Waals surface area (Å²) in [5.74, 6) is 0.469. The molecule has 6 heteroatoms. The molecule has 0 fully saturated rings. The van der Waals surface area contributed by atoms with Gasteiger partial charge in [0.1, 0.15) is 5.75 Å². The Morgan fingerprint density at radius 1 is 1.26 bits per heavy atom. The number of amides is 1. The van der Waals surface area contributed by atoms with Crippen LogP contribution in [0.4, 0.5) is 5.13 Å². The maximum absolute atomic E-state index is 12.0. The Labute approximate surface area is 143 Å². The van der Waals surface area contributed by atoms with Gasteiger partial charge in [0.2, 0.25) is 0 Å². The van der Waals surface area contributed by atoms with Gasteiger partial charge in [-0.15, -0.1) is 0 Å². The maximum atomic E-state index is 12.0. The molecule has 0 unspecified atom stereocenters. The van der Waals surface area contributed by atoms with E-state index in [9.17, 15) is 4.79 Å². The number of rotatable bonds is 4. The van der Waals surface area contributed by atoms with Crippen LogP contribution in [0.25, 0.3) is 10.2 Å². The summed E-state index contributed by atoms with van der Waals surface area (Å²) >= 11 is 7.33. The van der Waals surface area contributed by atoms with E-state index >= 15 is 0 Å². The average Bonchev–Trinajstić information content (AvgIpc) is 2.87. The van der Waals surface area contributed by atoms with Crippen molar-refractivity contribution < 1.29 is 9.53 Å². The smallest absolute Gasteiger partial charge is 0.264 e. The molecular weight excluding hydrogens is 332 g/mol. The molecule has 0 spiro atoms. The predicted molar refractivity (Wildman–Crippen MR) is 94.7 cm³/mol. The second kappa shape index (κ2) is 6.56. The van der Waals surface area contributed by atoms with Gasteiger partial charge >= 0.3 is 0 Å². The van der Waals surface area contributed by atoms with E-state index in [-0.39, 0.29) is 12.5 Å². The number of fused-ring (bicyclic) bond motifs is 1. The van der Waals surface area contributed by atoms with Crippen molar-refractivity contribution in [1.29, 1.82) is 0 Å². The Morgan fingerprint density at radius 2 is 2.09 bits per heavy atom. The number of carbonyl (C=O) groups excluding carboxylic acids is 1. The molecule has 118 valence electrons. The lowest BCUT2D eigenvalue weighted by atomic mass is 10.1. The molecule has 0 aliphatic rings. The van der Waals surface area contributed by atoms with Crippen molar-refractivity contribution in [3.63, 3.8) is 0 Å². The number of nitrogens with one attached hydrogen (secondary N) is 1. The monoisotopic (exact) mass is 346 g/mol. The summed E-state index contributed by atoms with van der Waals surface area (Å²) in [4.78, 5) is 16.4. The fraction of sp³-hybridized carbons (Fsp3) is 0.176. The Morgan fingerprint density at radius 3 is 2.87 bits per heavy atom. The average molecular weight is 347 g/mol. The molecule has 1 N–H and O–H groups in total. The van der Waals surface area contributed by atoms with Crippen LogP contribution in [-0.4, -0.2) is 17.5 Å². The number of anilines is 1. The predicted octanol–water partition coefficient (Wildman–Crippen LogP) is 4.58. The zero-order valence-corrected chi connectivity index (χ0v) is 14.3. The summed E-state index contributed by atoms with van der Waals surface area (Å²) in [5.41, 5.74) is 2.98. The number of aryl methyl sites for hydroxylation is 2. The summed E-state index contributed by atoms with van der Waals surface area (Å²) in [7, 11) is 0. The SMILES string of the molecule is Cc1ccc(OCC(=O)Nc2nc3ccc(Cl)cc3s2)c(C)c1. The van der Waals surface area contributed by atoms with Crippen LogP contribution in [0.1, 0.15) is 11.1 Å². The largest absolute Gasteiger partial charge is 0.483 e. The van der Waals surface area contributed by atoms with Crippen LogP contribution in [0.2, 0.25) is 5.02 Å². The number of halogens is 1. The van der Waals surface area contributed by atoms with Crippen LogP contribution in [0.15, 0.2) is 36.4 Å². The number of hydrogen-bond acceptors (Lipinski definition) is 4. The summed E-state index contributed by atoms with van der Waals surface area (Å²) in [5, 5.41) is 3.94. The first kappa shape index (κ1) is 15.8. The zero-order valence-electron chi connectivity index (χ0n) is 12.7. The number of nitrogens with zero attached hydrogens (tertiary/aromatic N) is 1. The van der Waals surface area contributed by atoms with Crippen molar-refractivity contribution in [3.05, 3.63) is 52.5 Å². The molecule has 0 saturated heterocycles. The van der Waals surface area contributed by atoms with Gasteiger partial charge < -0.3 is 4.74 Å². The number of thiazole rings is 1. The van der Waals surface area contributed by atoms with Crippen LogP contribution in [0.5, 0.6) is 5.75 Å². The summed E-state index contributed by atoms with van der Waals surface area (Å²) < 4.78 is 6.50. The van der Waals surface area contributed by atoms with Gasteiger partial charge in [0, 0.05) is 5.02 Å². The topological polar surface area (TPSA) is 51.2 Å². The van der Waals surface area contributed by atoms with Gasteiger partial charge in [0.25, 0.3) is 5.91 Å². The van der Waals surface area contributed by atoms with E-state index in [0.29, 0.717) is 15.9 Å². The number of hydrogen-bond donors (Lipinski definition) is 1. The van der Waals surface area contributed by atoms with E-state index in [1.165, 1.54) is 11.3 Å². The molecule has 2 aromatic carbocycles. The van der Waals surface area contributed by atoms with Crippen LogP contribution >= 0.6 is 22.9 Å². The highest BCUT2D eigenvalue weighted by atomic mass is 35.5. The first-order valence-electron chi connectivity index (χ1n) is 7.07. The van der Waals surface area contributed by atoms with Crippen molar-refractivity contribution in [3.8, 4) is 5.75 Å². The van der Waals surface area contributed by atoms with E-state index in [2.05, 4.69) is 10.3 Å². The fourth-order valence-corrected chi connectivity index (χ4v) is 3.37. The van der Waals surface area contributed by atoms with Gasteiger partial charge in [0.05, 0.1) is 10.2 Å². The highest BCUT2D eigenvalue weighted by Crippen LogP contribution is 2.28. The van der Waals surface area contributed by atoms with E-state index in [1.54, 1.807) is 6.07 Å². The molecular formula is C17H15ClN2O2S. The molecule has 1 heterocycles. The quantitative estimate of drug-likeness (QED) is 0.752. The third kappa shape index (κ3) is 3.81. The summed E-state index contributed by atoms with van der Waals surface area (Å²) in [6.45, 7) is 3.92. The third-order valence-corrected chi connectivity index (χ3v) is 4.45. The van der Waals surface area contributed by atoms with E-state index in [0.717, 1.165) is 21.3 Å². The molecule has 0 atom stereocenters. The van der Waals surface area contributed by atoms with Gasteiger partial charge in [-0.05, 0) is 43.7 Å². The normalized spacial score (nSPS) is 10.7. The van der Waals surface area contributed by atoms with Crippen molar-refractivity contribution in [2.75, 3.05) is 11.9 Å². The molecule has 0 radical (unpaired) electrons. The molecule has 0 bridgehead atoms. The third-order valence-electron chi connectivity index (χ3n) is 3.29. The fourth-order valence-electron chi connectivity index (χ4n) is 2.21. The number of benzene rings is 2. The highest BCUT2D eigenvalue weighted by molar-refractivity contribution is 7.22. The van der Waals surface area contributed by atoms with E-state index in [4.69, 9.17) is 16.3 Å². The Bertz CT molecular complexity index is 876. The van der Waals surface area contributed by atoms with Crippen molar-refractivity contribution in [1.82, 2.24) is 4.98 Å². The van der Waals surface area contributed by atoms with Gasteiger partial charge in [-0.1, -0.05) is 40.6 Å². The first-order valence-corrected chi connectivity index (χ1v) is 8.27. The van der Waals surface area contributed by atoms with Crippen LogP contribution < -0.4 is 10.1 Å². The first-order chi connectivity index (χ1) is 11.0. The lowest BCUT2D eigenvalue weighted by molar-refractivity contribution is -0.118. The molecule has 1 amide bonds. The molecule has 3 rings (SSSR count). The van der Waals surface area contributed by atoms with Gasteiger partial charge in [-0.2, -0.15) is 0 Å². The summed E-state index contributed by atoms with van der Waals surface area (Å²) in [6.07, 6.45) is 0. The van der Waals surface area contributed by atoms with Gasteiger partial charge in [0.15, 0.2) is 11.7 Å². The minimum Gasteiger partial charge on any atom is -0.483 e. The zero-order chi connectivity index (χ0) is 16.4. The Balaban J connectivity index is 1.64. The lowest BCUT2D eigenvalue weighted by Gasteiger charge is -2.09. The van der Waals surface area contributed by atoms with Crippen molar-refractivity contribution >= 4 is 44.2 Å². The van der Waals surface area contributed by atoms with Gasteiger partial charge in [-0.25, -0.2) is 4.98 Å². The molecule has 3 aromatic rings. The maximum Gasteiger partial charge on any atom is 0.264 e. The molecule has 4 nitrogen and oxygen atoms in total. The minimum atomic E-state index is -0.241. The molecule has 0 aliphatic carbocycles. The minimum absolute atomic E-state index is 0.0550. The van der Waals surface area contributed by atoms with Crippen molar-refractivity contribution in [2.45, 2.75) is 13.8 Å². The molecule has 0 saturated carbocycles. The van der Waals surface area contributed by atoms with Crippen molar-refractivity contribution in [2.24, 2.45) is 0 Å². The Kier molecular flexibility index (Phi) is 4.50. The molecule has 0 aliphatic heterocycles. The van der Waals surface area contributed by atoms with Crippen LogP contribution in [0, 0.1) is 13.8 Å². The number of carbonyl (C=O) groups is 1. The Hall–Kier alpha value is -2.11. The van der Waals surface area contributed by atoms with E-state index in [1.807, 2.05) is 44.2 Å². The number of aromatic nitrogens is 1. The molecule has 1 aromatic heterocycles. The van der Waals surface area contributed by atoms with Crippen LogP contribution in [-0.2, 0) is 4.79 Å². The standard InChI is InChI=1S/C17H15ClN2O2S/c1-10-3-6-14(11(2)7-10)22-9-16(21)20-17-19-13-5-4-12(18)8-15(13)23-17/h3-8H,9H2,1-2H3,(H,19,20,21).